The molecule has 2 heterocycles. The van der Waals surface area contributed by atoms with Crippen molar-refractivity contribution in [2.24, 2.45) is 0 Å². The molecule has 8 heteroatoms. The highest BCUT2D eigenvalue weighted by atomic mass is 32.2. The second-order valence-corrected chi connectivity index (χ2v) is 8.29. The van der Waals surface area contributed by atoms with Crippen molar-refractivity contribution in [3.63, 3.8) is 0 Å². The van der Waals surface area contributed by atoms with Gasteiger partial charge in [0.25, 0.3) is 0 Å². The van der Waals surface area contributed by atoms with E-state index in [2.05, 4.69) is 5.32 Å². The molecular weight excluding hydrogens is 324 g/mol. The molecule has 1 aromatic rings. The number of hydrogen-bond donors (Lipinski definition) is 2. The van der Waals surface area contributed by atoms with E-state index in [1.165, 1.54) is 4.31 Å². The van der Waals surface area contributed by atoms with Crippen molar-refractivity contribution in [2.75, 3.05) is 24.6 Å². The van der Waals surface area contributed by atoms with Gasteiger partial charge in [0.05, 0.1) is 11.4 Å². The van der Waals surface area contributed by atoms with Gasteiger partial charge >= 0.3 is 0 Å². The molecule has 2 aliphatic heterocycles. The molecule has 23 heavy (non-hydrogen) atoms. The normalized spacial score (nSPS) is 29.9. The van der Waals surface area contributed by atoms with Crippen LogP contribution < -0.4 is 11.1 Å². The molecule has 2 saturated heterocycles. The zero-order valence-electron chi connectivity index (χ0n) is 12.8. The molecule has 5 nitrogen and oxygen atoms in total. The monoisotopic (exact) mass is 345 g/mol. The van der Waals surface area contributed by atoms with Crippen molar-refractivity contribution in [2.45, 2.75) is 37.8 Å². The zero-order chi connectivity index (χ0) is 16.6. The van der Waals surface area contributed by atoms with Gasteiger partial charge in [0, 0.05) is 30.7 Å². The maximum atomic E-state index is 13.9. The maximum Gasteiger partial charge on any atom is 0.214 e. The Hall–Kier alpha value is -1.25. The number of sulfonamides is 1. The summed E-state index contributed by atoms with van der Waals surface area (Å²) in [6.45, 7) is 0.981. The molecule has 1 unspecified atom stereocenters. The van der Waals surface area contributed by atoms with E-state index in [9.17, 15) is 17.2 Å². The molecule has 1 aromatic carbocycles. The topological polar surface area (TPSA) is 75.4 Å². The Labute approximate surface area is 134 Å². The van der Waals surface area contributed by atoms with Crippen molar-refractivity contribution in [1.82, 2.24) is 9.62 Å². The molecule has 0 spiro atoms. The SMILES string of the molecule is Nc1c(F)ccc(F)c1CC[C@H]1CN[C@@H]2CCCS(=O)(=O)N1C2. The van der Waals surface area contributed by atoms with E-state index >= 15 is 0 Å². The van der Waals surface area contributed by atoms with Gasteiger partial charge in [-0.25, -0.2) is 17.2 Å². The number of hydrogen-bond acceptors (Lipinski definition) is 4. The molecular formula is C15H21F2N3O2S. The van der Waals surface area contributed by atoms with Crippen LogP contribution in [0.15, 0.2) is 12.1 Å². The van der Waals surface area contributed by atoms with Crippen LogP contribution in [0.25, 0.3) is 0 Å². The minimum atomic E-state index is -3.28. The quantitative estimate of drug-likeness (QED) is 0.809. The fraction of sp³-hybridized carbons (Fsp3) is 0.600. The molecule has 0 amide bonds. The first kappa shape index (κ1) is 16.6. The highest BCUT2D eigenvalue weighted by molar-refractivity contribution is 7.89. The van der Waals surface area contributed by atoms with Crippen LogP contribution in [0.3, 0.4) is 0 Å². The average Bonchev–Trinajstić information content (AvgIpc) is 2.62. The van der Waals surface area contributed by atoms with E-state index in [0.29, 0.717) is 25.9 Å². The number of benzene rings is 1. The second-order valence-electron chi connectivity index (χ2n) is 6.25. The van der Waals surface area contributed by atoms with Crippen molar-refractivity contribution >= 4 is 15.7 Å². The van der Waals surface area contributed by atoms with Gasteiger partial charge in [0.1, 0.15) is 11.6 Å². The van der Waals surface area contributed by atoms with Crippen LogP contribution >= 0.6 is 0 Å². The molecule has 3 atom stereocenters. The van der Waals surface area contributed by atoms with E-state index in [1.807, 2.05) is 0 Å². The van der Waals surface area contributed by atoms with E-state index in [0.717, 1.165) is 18.6 Å². The molecule has 0 aliphatic carbocycles. The number of nitrogens with zero attached hydrogens (tertiary/aromatic N) is 1. The molecule has 2 bridgehead atoms. The predicted octanol–water partition coefficient (Wildman–Crippen LogP) is 1.25. The van der Waals surface area contributed by atoms with E-state index in [-0.39, 0.29) is 35.5 Å². The van der Waals surface area contributed by atoms with Crippen molar-refractivity contribution in [1.29, 1.82) is 0 Å². The number of rotatable bonds is 3. The van der Waals surface area contributed by atoms with Crippen molar-refractivity contribution < 1.29 is 17.2 Å². The van der Waals surface area contributed by atoms with Crippen LogP contribution in [0.4, 0.5) is 14.5 Å². The summed E-state index contributed by atoms with van der Waals surface area (Å²) < 4.78 is 53.6. The molecule has 3 rings (SSSR count). The standard InChI is InChI=1S/C15H21F2N3O2S/c16-13-5-6-14(17)15(18)12(13)4-3-11-8-19-10-2-1-7-23(21,22)20(11)9-10/h5-6,10-11,19H,1-4,7-9,18H2/t10-,11+/m1/s1. The number of fused-ring (bicyclic) bond motifs is 2. The number of halogens is 2. The lowest BCUT2D eigenvalue weighted by Crippen LogP contribution is -2.57. The van der Waals surface area contributed by atoms with Gasteiger partial charge in [-0.15, -0.1) is 0 Å². The molecule has 0 aromatic heterocycles. The third kappa shape index (κ3) is 3.34. The number of nitrogen functional groups attached to an aromatic ring is 1. The largest absolute Gasteiger partial charge is 0.396 e. The van der Waals surface area contributed by atoms with Crippen molar-refractivity contribution in [3.05, 3.63) is 29.3 Å². The Morgan fingerprint density at radius 3 is 2.83 bits per heavy atom. The molecule has 0 saturated carbocycles. The van der Waals surface area contributed by atoms with E-state index in [1.54, 1.807) is 0 Å². The van der Waals surface area contributed by atoms with Crippen LogP contribution in [-0.4, -0.2) is 43.6 Å². The van der Waals surface area contributed by atoms with Gasteiger partial charge in [-0.1, -0.05) is 0 Å². The lowest BCUT2D eigenvalue weighted by Gasteiger charge is -2.37. The number of piperazine rings is 1. The van der Waals surface area contributed by atoms with Gasteiger partial charge in [-0.3, -0.25) is 0 Å². The lowest BCUT2D eigenvalue weighted by atomic mass is 10.00. The summed E-state index contributed by atoms with van der Waals surface area (Å²) in [5, 5.41) is 3.35. The Morgan fingerprint density at radius 1 is 1.30 bits per heavy atom. The summed E-state index contributed by atoms with van der Waals surface area (Å²) in [5.41, 5.74) is 5.55. The van der Waals surface area contributed by atoms with E-state index < -0.39 is 21.7 Å². The fourth-order valence-electron chi connectivity index (χ4n) is 3.42. The first-order valence-corrected chi connectivity index (χ1v) is 9.44. The van der Waals surface area contributed by atoms with Crippen LogP contribution in [0.5, 0.6) is 0 Å². The van der Waals surface area contributed by atoms with Gasteiger partial charge in [-0.05, 0) is 37.8 Å². The summed E-state index contributed by atoms with van der Waals surface area (Å²) >= 11 is 0. The Kier molecular flexibility index (Phi) is 4.57. The van der Waals surface area contributed by atoms with Crippen LogP contribution in [-0.2, 0) is 16.4 Å². The first-order chi connectivity index (χ1) is 10.9. The second kappa shape index (κ2) is 6.33. The van der Waals surface area contributed by atoms with E-state index in [4.69, 9.17) is 5.73 Å². The third-order valence-corrected chi connectivity index (χ3v) is 6.70. The molecule has 128 valence electrons. The molecule has 2 aliphatic rings. The Bertz CT molecular complexity index is 696. The number of nitrogens with one attached hydrogen (secondary N) is 1. The molecule has 2 fully saturated rings. The average molecular weight is 345 g/mol. The third-order valence-electron chi connectivity index (χ3n) is 4.74. The van der Waals surface area contributed by atoms with Gasteiger partial charge in [-0.2, -0.15) is 4.31 Å². The van der Waals surface area contributed by atoms with Crippen LogP contribution in [0.1, 0.15) is 24.8 Å². The molecule has 0 radical (unpaired) electrons. The Balaban J connectivity index is 1.77. The van der Waals surface area contributed by atoms with Crippen LogP contribution in [0, 0.1) is 11.6 Å². The summed E-state index contributed by atoms with van der Waals surface area (Å²) in [6.07, 6.45) is 2.10. The summed E-state index contributed by atoms with van der Waals surface area (Å²) in [6, 6.07) is 1.98. The minimum absolute atomic E-state index is 0.124. The summed E-state index contributed by atoms with van der Waals surface area (Å²) in [7, 11) is -3.28. The smallest absolute Gasteiger partial charge is 0.214 e. The van der Waals surface area contributed by atoms with Gasteiger partial charge in [0.15, 0.2) is 0 Å². The number of nitrogens with two attached hydrogens (primary N) is 1. The minimum Gasteiger partial charge on any atom is -0.396 e. The molecule has 3 N–H and O–H groups in total. The van der Waals surface area contributed by atoms with Crippen molar-refractivity contribution in [3.8, 4) is 0 Å². The van der Waals surface area contributed by atoms with Crippen LogP contribution in [0.2, 0.25) is 0 Å². The lowest BCUT2D eigenvalue weighted by molar-refractivity contribution is 0.216. The highest BCUT2D eigenvalue weighted by Crippen LogP contribution is 2.26. The van der Waals surface area contributed by atoms with Gasteiger partial charge < -0.3 is 11.1 Å². The Morgan fingerprint density at radius 2 is 2.04 bits per heavy atom. The summed E-state index contributed by atoms with van der Waals surface area (Å²) in [4.78, 5) is 0. The first-order valence-electron chi connectivity index (χ1n) is 7.84. The predicted molar refractivity (Wildman–Crippen MR) is 84.4 cm³/mol. The summed E-state index contributed by atoms with van der Waals surface area (Å²) in [5.74, 6) is -1.05. The van der Waals surface area contributed by atoms with Gasteiger partial charge in [0.2, 0.25) is 10.0 Å². The zero-order valence-corrected chi connectivity index (χ0v) is 13.6. The highest BCUT2D eigenvalue weighted by Gasteiger charge is 2.37. The number of anilines is 1. The fourth-order valence-corrected chi connectivity index (χ4v) is 5.23. The maximum absolute atomic E-state index is 13.9.